The van der Waals surface area contributed by atoms with E-state index < -0.39 is 10.0 Å². The highest BCUT2D eigenvalue weighted by molar-refractivity contribution is 9.10. The second-order valence-electron chi connectivity index (χ2n) is 3.70. The zero-order valence-electron chi connectivity index (χ0n) is 9.58. The van der Waals surface area contributed by atoms with Crippen LogP contribution in [0.1, 0.15) is 0 Å². The summed E-state index contributed by atoms with van der Waals surface area (Å²) in [5, 5.41) is 5.82. The maximum absolute atomic E-state index is 11.3. The average molecular weight is 360 g/mol. The van der Waals surface area contributed by atoms with Crippen LogP contribution in [0.2, 0.25) is 0 Å². The van der Waals surface area contributed by atoms with Crippen LogP contribution in [-0.2, 0) is 10.0 Å². The molecule has 0 aliphatic rings. The number of nitrogens with zero attached hydrogens (tertiary/aromatic N) is 1. The first kappa shape index (κ1) is 14.3. The Morgan fingerprint density at radius 1 is 1.21 bits per heavy atom. The first-order chi connectivity index (χ1) is 8.84. The van der Waals surface area contributed by atoms with Crippen LogP contribution in [0.3, 0.4) is 0 Å². The monoisotopic (exact) mass is 359 g/mol. The van der Waals surface area contributed by atoms with Gasteiger partial charge in [0.15, 0.2) is 0 Å². The van der Waals surface area contributed by atoms with Gasteiger partial charge in [0.2, 0.25) is 10.0 Å². The molecule has 2 aromatic rings. The minimum Gasteiger partial charge on any atom is -0.399 e. The molecule has 0 unspecified atom stereocenters. The standard InChI is InChI=1S/C11H10BrN3O2S2/c12-7-1-2-11(15-6-7)18-9-3-8(13)4-10(5-9)19(14,16)17/h1-6H,13H2,(H2,14,16,17). The van der Waals surface area contributed by atoms with Crippen molar-refractivity contribution in [2.24, 2.45) is 5.14 Å². The quantitative estimate of drug-likeness (QED) is 0.818. The molecule has 1 heterocycles. The lowest BCUT2D eigenvalue weighted by atomic mass is 10.3. The van der Waals surface area contributed by atoms with Gasteiger partial charge in [-0.3, -0.25) is 0 Å². The number of primary sulfonamides is 1. The molecule has 0 bridgehead atoms. The van der Waals surface area contributed by atoms with E-state index in [1.165, 1.54) is 23.9 Å². The molecule has 4 N–H and O–H groups in total. The summed E-state index contributed by atoms with van der Waals surface area (Å²) in [5.74, 6) is 0. The maximum Gasteiger partial charge on any atom is 0.238 e. The van der Waals surface area contributed by atoms with Gasteiger partial charge >= 0.3 is 0 Å². The number of halogens is 1. The summed E-state index contributed by atoms with van der Waals surface area (Å²) in [4.78, 5) is 4.85. The molecule has 1 aromatic carbocycles. The molecule has 0 amide bonds. The Kier molecular flexibility index (Phi) is 4.14. The molecule has 0 radical (unpaired) electrons. The summed E-state index contributed by atoms with van der Waals surface area (Å²) in [5.41, 5.74) is 6.01. The molecule has 2 rings (SSSR count). The number of nitrogens with two attached hydrogens (primary N) is 2. The van der Waals surface area contributed by atoms with Crippen molar-refractivity contribution in [3.05, 3.63) is 41.0 Å². The molecule has 0 spiro atoms. The van der Waals surface area contributed by atoms with E-state index in [0.717, 1.165) is 9.50 Å². The fourth-order valence-electron chi connectivity index (χ4n) is 1.36. The van der Waals surface area contributed by atoms with Crippen molar-refractivity contribution in [1.29, 1.82) is 0 Å². The molecule has 5 nitrogen and oxygen atoms in total. The van der Waals surface area contributed by atoms with Crippen molar-refractivity contribution >= 4 is 43.4 Å². The molecule has 0 fully saturated rings. The Labute approximate surface area is 123 Å². The predicted molar refractivity (Wildman–Crippen MR) is 78.3 cm³/mol. The Balaban J connectivity index is 2.35. The van der Waals surface area contributed by atoms with Crippen LogP contribution in [0, 0.1) is 0 Å². The molecule has 19 heavy (non-hydrogen) atoms. The van der Waals surface area contributed by atoms with Crippen LogP contribution in [0.4, 0.5) is 5.69 Å². The van der Waals surface area contributed by atoms with Crippen molar-refractivity contribution in [3.8, 4) is 0 Å². The minimum absolute atomic E-state index is 0.00730. The third kappa shape index (κ3) is 3.93. The van der Waals surface area contributed by atoms with Crippen LogP contribution in [0.5, 0.6) is 0 Å². The molecule has 100 valence electrons. The lowest BCUT2D eigenvalue weighted by Crippen LogP contribution is -2.12. The van der Waals surface area contributed by atoms with Gasteiger partial charge < -0.3 is 5.73 Å². The number of nitrogen functional groups attached to an aromatic ring is 1. The number of aromatic nitrogens is 1. The lowest BCUT2D eigenvalue weighted by molar-refractivity contribution is 0.597. The number of anilines is 1. The molecule has 1 aromatic heterocycles. The fourth-order valence-corrected chi connectivity index (χ4v) is 3.12. The third-order valence-corrected chi connectivity index (χ3v) is 4.44. The summed E-state index contributed by atoms with van der Waals surface area (Å²) in [6.07, 6.45) is 1.66. The predicted octanol–water partition coefficient (Wildman–Crippen LogP) is 2.22. The second-order valence-corrected chi connectivity index (χ2v) is 7.27. The third-order valence-electron chi connectivity index (χ3n) is 2.15. The largest absolute Gasteiger partial charge is 0.399 e. The van der Waals surface area contributed by atoms with E-state index in [1.54, 1.807) is 12.3 Å². The van der Waals surface area contributed by atoms with Gasteiger partial charge in [-0.1, -0.05) is 11.8 Å². The zero-order chi connectivity index (χ0) is 14.0. The van der Waals surface area contributed by atoms with Crippen molar-refractivity contribution in [2.45, 2.75) is 14.8 Å². The fraction of sp³-hybridized carbons (Fsp3) is 0. The lowest BCUT2D eigenvalue weighted by Gasteiger charge is -2.05. The molecule has 8 heteroatoms. The molecule has 0 saturated carbocycles. The summed E-state index contributed by atoms with van der Waals surface area (Å²) in [7, 11) is -3.77. The summed E-state index contributed by atoms with van der Waals surface area (Å²) < 4.78 is 23.5. The van der Waals surface area contributed by atoms with E-state index in [4.69, 9.17) is 10.9 Å². The van der Waals surface area contributed by atoms with Gasteiger partial charge in [-0.25, -0.2) is 18.5 Å². The highest BCUT2D eigenvalue weighted by atomic mass is 79.9. The van der Waals surface area contributed by atoms with Crippen molar-refractivity contribution < 1.29 is 8.42 Å². The minimum atomic E-state index is -3.77. The van der Waals surface area contributed by atoms with Crippen molar-refractivity contribution in [2.75, 3.05) is 5.73 Å². The van der Waals surface area contributed by atoms with Crippen LogP contribution >= 0.6 is 27.7 Å². The molecule has 0 aliphatic heterocycles. The molecular weight excluding hydrogens is 350 g/mol. The number of benzene rings is 1. The van der Waals surface area contributed by atoms with Gasteiger partial charge in [0.25, 0.3) is 0 Å². The van der Waals surface area contributed by atoms with Gasteiger partial charge in [0.1, 0.15) is 5.03 Å². The van der Waals surface area contributed by atoms with Crippen molar-refractivity contribution in [3.63, 3.8) is 0 Å². The number of hydrogen-bond donors (Lipinski definition) is 2. The maximum atomic E-state index is 11.3. The zero-order valence-corrected chi connectivity index (χ0v) is 12.8. The number of sulfonamides is 1. The van der Waals surface area contributed by atoms with Gasteiger partial charge in [-0.15, -0.1) is 0 Å². The van der Waals surface area contributed by atoms with E-state index in [1.807, 2.05) is 12.1 Å². The Morgan fingerprint density at radius 2 is 1.95 bits per heavy atom. The van der Waals surface area contributed by atoms with Crippen LogP contribution in [0.25, 0.3) is 0 Å². The number of pyridine rings is 1. The summed E-state index contributed by atoms with van der Waals surface area (Å²) >= 11 is 4.60. The number of rotatable bonds is 3. The van der Waals surface area contributed by atoms with Gasteiger partial charge in [0, 0.05) is 21.3 Å². The topological polar surface area (TPSA) is 99.1 Å². The van der Waals surface area contributed by atoms with Crippen LogP contribution in [-0.4, -0.2) is 13.4 Å². The van der Waals surface area contributed by atoms with Gasteiger partial charge in [0.05, 0.1) is 4.90 Å². The highest BCUT2D eigenvalue weighted by Crippen LogP contribution is 2.30. The van der Waals surface area contributed by atoms with Crippen LogP contribution < -0.4 is 10.9 Å². The molecule has 0 saturated heterocycles. The van der Waals surface area contributed by atoms with E-state index in [-0.39, 0.29) is 4.90 Å². The Morgan fingerprint density at radius 3 is 2.53 bits per heavy atom. The second kappa shape index (κ2) is 5.49. The van der Waals surface area contributed by atoms with E-state index in [2.05, 4.69) is 20.9 Å². The molecule has 0 atom stereocenters. The molecular formula is C11H10BrN3O2S2. The van der Waals surface area contributed by atoms with E-state index >= 15 is 0 Å². The highest BCUT2D eigenvalue weighted by Gasteiger charge is 2.11. The van der Waals surface area contributed by atoms with E-state index in [0.29, 0.717) is 10.6 Å². The first-order valence-corrected chi connectivity index (χ1v) is 8.23. The summed E-state index contributed by atoms with van der Waals surface area (Å²) in [6.45, 7) is 0. The Hall–Kier alpha value is -1.09. The average Bonchev–Trinajstić information content (AvgIpc) is 2.30. The van der Waals surface area contributed by atoms with Crippen LogP contribution in [0.15, 0.2) is 55.8 Å². The SMILES string of the molecule is Nc1cc(Sc2ccc(Br)cn2)cc(S(N)(=O)=O)c1. The van der Waals surface area contributed by atoms with E-state index in [9.17, 15) is 8.42 Å². The molecule has 0 aliphatic carbocycles. The number of hydrogen-bond acceptors (Lipinski definition) is 5. The van der Waals surface area contributed by atoms with Gasteiger partial charge in [-0.05, 0) is 46.3 Å². The Bertz CT molecular complexity index is 702. The normalized spacial score (nSPS) is 11.5. The smallest absolute Gasteiger partial charge is 0.238 e. The first-order valence-electron chi connectivity index (χ1n) is 5.07. The van der Waals surface area contributed by atoms with Gasteiger partial charge in [-0.2, -0.15) is 0 Å². The van der Waals surface area contributed by atoms with Crippen molar-refractivity contribution in [1.82, 2.24) is 4.98 Å². The summed E-state index contributed by atoms with van der Waals surface area (Å²) in [6, 6.07) is 8.13.